The molecule has 3 heterocycles. The van der Waals surface area contributed by atoms with E-state index in [4.69, 9.17) is 21.1 Å². The van der Waals surface area contributed by atoms with Crippen LogP contribution in [0.15, 0.2) is 49.6 Å². The van der Waals surface area contributed by atoms with Crippen molar-refractivity contribution in [3.05, 3.63) is 54.6 Å². The van der Waals surface area contributed by atoms with Gasteiger partial charge in [0.1, 0.15) is 17.6 Å². The third-order valence-corrected chi connectivity index (χ3v) is 10.2. The van der Waals surface area contributed by atoms with E-state index in [0.717, 1.165) is 12.8 Å². The molecule has 4 rings (SSSR count). The molecule has 3 unspecified atom stereocenters. The van der Waals surface area contributed by atoms with Gasteiger partial charge in [-0.1, -0.05) is 63.1 Å². The quantitative estimate of drug-likeness (QED) is 0.180. The number of aliphatic hydroxyl groups excluding tert-OH is 1. The maximum Gasteiger partial charge on any atom is 0.312 e. The number of unbranched alkanes of at least 4 members (excludes halogenated alkanes) is 2. The Labute approximate surface area is 254 Å². The Kier molecular flexibility index (Phi) is 9.90. The third-order valence-electron chi connectivity index (χ3n) is 9.85. The lowest BCUT2D eigenvalue weighted by Gasteiger charge is -2.41. The summed E-state index contributed by atoms with van der Waals surface area (Å²) in [5.74, 6) is -3.24. The summed E-state index contributed by atoms with van der Waals surface area (Å²) in [6.45, 7) is 15.4. The monoisotopic (exact) mass is 600 g/mol. The molecule has 0 saturated carbocycles. The first-order chi connectivity index (χ1) is 20.0. The molecule has 8 atom stereocenters. The summed E-state index contributed by atoms with van der Waals surface area (Å²) >= 11 is 6.56. The number of carbonyl (C=O) groups is 3. The van der Waals surface area contributed by atoms with Crippen LogP contribution in [0.2, 0.25) is 5.02 Å². The van der Waals surface area contributed by atoms with E-state index in [1.807, 2.05) is 33.8 Å². The molecule has 1 N–H and O–H groups in total. The van der Waals surface area contributed by atoms with Crippen molar-refractivity contribution in [2.45, 2.75) is 83.1 Å². The number of ether oxygens (including phenoxy) is 2. The number of halogens is 1. The third kappa shape index (κ3) is 5.20. The van der Waals surface area contributed by atoms with Crippen LogP contribution in [0.3, 0.4) is 0 Å². The molecular formula is C33H45ClN2O6. The molecule has 2 amide bonds. The summed E-state index contributed by atoms with van der Waals surface area (Å²) in [6, 6.07) is 5.31. The molecule has 42 heavy (non-hydrogen) atoms. The first-order valence-electron chi connectivity index (χ1n) is 15.1. The van der Waals surface area contributed by atoms with Crippen LogP contribution in [0.25, 0.3) is 0 Å². The van der Waals surface area contributed by atoms with Crippen LogP contribution >= 0.6 is 11.6 Å². The summed E-state index contributed by atoms with van der Waals surface area (Å²) in [5, 5.41) is 11.0. The lowest BCUT2D eigenvalue weighted by Crippen LogP contribution is -2.60. The van der Waals surface area contributed by atoms with E-state index in [1.54, 1.807) is 30.3 Å². The molecule has 2 bridgehead atoms. The predicted molar refractivity (Wildman–Crippen MR) is 163 cm³/mol. The number of fused-ring (bicyclic) bond motifs is 1. The second kappa shape index (κ2) is 12.9. The van der Waals surface area contributed by atoms with Crippen LogP contribution in [-0.4, -0.2) is 70.8 Å². The smallest absolute Gasteiger partial charge is 0.312 e. The number of hydrogen-bond acceptors (Lipinski definition) is 6. The average molecular weight is 601 g/mol. The Hall–Kier alpha value is -2.68. The number of allylic oxidation sites excluding steroid dienone is 1. The van der Waals surface area contributed by atoms with E-state index in [9.17, 15) is 19.5 Å². The summed E-state index contributed by atoms with van der Waals surface area (Å²) in [6.07, 6.45) is 6.89. The number of likely N-dealkylation sites (tertiary alicyclic amines) is 1. The van der Waals surface area contributed by atoms with E-state index in [2.05, 4.69) is 13.2 Å². The number of rotatable bonds is 14. The Morgan fingerprint density at radius 1 is 1.29 bits per heavy atom. The number of para-hydroxylation sites is 1. The molecule has 9 heteroatoms. The Bertz CT molecular complexity index is 1210. The molecular weight excluding hydrogens is 556 g/mol. The number of nitrogens with zero attached hydrogens (tertiary/aromatic N) is 2. The van der Waals surface area contributed by atoms with Crippen molar-refractivity contribution in [3.63, 3.8) is 0 Å². The van der Waals surface area contributed by atoms with Crippen LogP contribution in [0.4, 0.5) is 5.69 Å². The van der Waals surface area contributed by atoms with E-state index in [0.29, 0.717) is 30.0 Å². The molecule has 1 aromatic rings. The average Bonchev–Trinajstić information content (AvgIpc) is 3.48. The van der Waals surface area contributed by atoms with Gasteiger partial charge in [0.15, 0.2) is 0 Å². The number of anilines is 1. The minimum Gasteiger partial charge on any atom is -0.465 e. The standard InChI is InChI=1S/C33H45ClN2O6/c1-7-10-11-14-18-41-31(40)27-26-29(38)36(25(20-37)21(4)9-3)28(33(26)19-22(5)32(27,6)42-33)30(39)35(17-8-2)24-16-13-12-15-23(24)34/h7-8,12-13,15-16,21-22,25-28,37H,1-2,9-11,14,17-20H2,3-6H3/t21-,22?,25-,26-,27-,28?,32+,33?/m0/s1. The minimum absolute atomic E-state index is 0.113. The van der Waals surface area contributed by atoms with Gasteiger partial charge in [-0.05, 0) is 56.6 Å². The molecule has 1 spiro atoms. The highest BCUT2D eigenvalue weighted by atomic mass is 35.5. The number of amides is 2. The number of hydrogen-bond donors (Lipinski definition) is 1. The van der Waals surface area contributed by atoms with Gasteiger partial charge in [0.2, 0.25) is 5.91 Å². The zero-order chi connectivity index (χ0) is 30.8. The van der Waals surface area contributed by atoms with E-state index in [1.165, 1.54) is 9.80 Å². The summed E-state index contributed by atoms with van der Waals surface area (Å²) < 4.78 is 12.6. The van der Waals surface area contributed by atoms with Crippen molar-refractivity contribution in [1.82, 2.24) is 4.90 Å². The first kappa shape index (κ1) is 32.2. The molecule has 3 aliphatic rings. The Balaban J connectivity index is 1.82. The fraction of sp³-hybridized carbons (Fsp3) is 0.606. The van der Waals surface area contributed by atoms with Crippen molar-refractivity contribution >= 4 is 35.1 Å². The summed E-state index contributed by atoms with van der Waals surface area (Å²) in [4.78, 5) is 46.2. The molecule has 3 aliphatic heterocycles. The van der Waals surface area contributed by atoms with Gasteiger partial charge < -0.3 is 24.4 Å². The Morgan fingerprint density at radius 3 is 2.62 bits per heavy atom. The van der Waals surface area contributed by atoms with Gasteiger partial charge >= 0.3 is 5.97 Å². The van der Waals surface area contributed by atoms with Crippen LogP contribution in [0.5, 0.6) is 0 Å². The van der Waals surface area contributed by atoms with Gasteiger partial charge in [0.25, 0.3) is 5.91 Å². The van der Waals surface area contributed by atoms with Crippen LogP contribution in [-0.2, 0) is 23.9 Å². The minimum atomic E-state index is -1.27. The SMILES string of the molecule is C=CCCCCOC(=O)[C@@H]1[C@H]2C(=O)N([C@@H](CO)[C@@H](C)CC)C(C(=O)N(CC=C)c3ccccc3Cl)C23CC(C)[C@@]1(C)O3. The lowest BCUT2D eigenvalue weighted by molar-refractivity contribution is -0.163. The Morgan fingerprint density at radius 2 is 2.00 bits per heavy atom. The van der Waals surface area contributed by atoms with Gasteiger partial charge in [0.05, 0.1) is 41.5 Å². The first-order valence-corrected chi connectivity index (χ1v) is 15.5. The molecule has 3 saturated heterocycles. The number of benzene rings is 1. The van der Waals surface area contributed by atoms with Crippen molar-refractivity contribution in [2.24, 2.45) is 23.7 Å². The summed E-state index contributed by atoms with van der Waals surface area (Å²) in [7, 11) is 0. The molecule has 1 aromatic carbocycles. The van der Waals surface area contributed by atoms with Crippen LogP contribution in [0, 0.1) is 23.7 Å². The largest absolute Gasteiger partial charge is 0.465 e. The normalized spacial score (nSPS) is 31.0. The van der Waals surface area contributed by atoms with Gasteiger partial charge in [0, 0.05) is 6.54 Å². The van der Waals surface area contributed by atoms with Crippen molar-refractivity contribution < 1.29 is 29.0 Å². The van der Waals surface area contributed by atoms with Crippen molar-refractivity contribution in [3.8, 4) is 0 Å². The van der Waals surface area contributed by atoms with Crippen molar-refractivity contribution in [2.75, 3.05) is 24.7 Å². The maximum atomic E-state index is 14.8. The van der Waals surface area contributed by atoms with E-state index in [-0.39, 0.29) is 43.4 Å². The predicted octanol–water partition coefficient (Wildman–Crippen LogP) is 5.18. The lowest BCUT2D eigenvalue weighted by atomic mass is 9.62. The van der Waals surface area contributed by atoms with Gasteiger partial charge in [-0.3, -0.25) is 14.4 Å². The van der Waals surface area contributed by atoms with E-state index >= 15 is 0 Å². The van der Waals surface area contributed by atoms with Gasteiger partial charge in [-0.15, -0.1) is 13.2 Å². The zero-order valence-electron chi connectivity index (χ0n) is 25.3. The fourth-order valence-electron chi connectivity index (χ4n) is 7.39. The molecule has 230 valence electrons. The molecule has 3 fully saturated rings. The highest BCUT2D eigenvalue weighted by molar-refractivity contribution is 6.34. The topological polar surface area (TPSA) is 96.4 Å². The fourth-order valence-corrected chi connectivity index (χ4v) is 7.63. The molecule has 0 aromatic heterocycles. The van der Waals surface area contributed by atoms with Gasteiger partial charge in [-0.2, -0.15) is 0 Å². The van der Waals surface area contributed by atoms with Gasteiger partial charge in [-0.25, -0.2) is 0 Å². The maximum absolute atomic E-state index is 14.8. The van der Waals surface area contributed by atoms with Crippen LogP contribution in [0.1, 0.15) is 59.8 Å². The number of aliphatic hydroxyl groups is 1. The second-order valence-corrected chi connectivity index (χ2v) is 12.6. The van der Waals surface area contributed by atoms with Crippen LogP contribution < -0.4 is 4.90 Å². The highest BCUT2D eigenvalue weighted by Crippen LogP contribution is 2.66. The zero-order valence-corrected chi connectivity index (χ0v) is 26.0. The van der Waals surface area contributed by atoms with E-state index < -0.39 is 41.1 Å². The second-order valence-electron chi connectivity index (χ2n) is 12.2. The number of esters is 1. The molecule has 0 radical (unpaired) electrons. The molecule has 8 nitrogen and oxygen atoms in total. The summed E-state index contributed by atoms with van der Waals surface area (Å²) in [5.41, 5.74) is -1.76. The highest BCUT2D eigenvalue weighted by Gasteiger charge is 2.81. The molecule has 0 aliphatic carbocycles. The number of carbonyl (C=O) groups excluding carboxylic acids is 3. The van der Waals surface area contributed by atoms with Crippen molar-refractivity contribution in [1.29, 1.82) is 0 Å².